The fourth-order valence-corrected chi connectivity index (χ4v) is 3.99. The van der Waals surface area contributed by atoms with Gasteiger partial charge in [0, 0.05) is 31.0 Å². The summed E-state index contributed by atoms with van der Waals surface area (Å²) in [4.78, 5) is 14.3. The van der Waals surface area contributed by atoms with Gasteiger partial charge in [0.15, 0.2) is 0 Å². The predicted octanol–water partition coefficient (Wildman–Crippen LogP) is 0.392. The normalized spacial score (nSPS) is 26.6. The van der Waals surface area contributed by atoms with Crippen molar-refractivity contribution in [2.75, 3.05) is 39.1 Å². The van der Waals surface area contributed by atoms with Crippen LogP contribution in [0.1, 0.15) is 5.56 Å². The number of carbonyl (C=O) groups is 1. The van der Waals surface area contributed by atoms with E-state index in [4.69, 9.17) is 4.74 Å². The van der Waals surface area contributed by atoms with Crippen molar-refractivity contribution in [3.63, 3.8) is 0 Å². The van der Waals surface area contributed by atoms with Crippen molar-refractivity contribution in [3.05, 3.63) is 35.6 Å². The molecule has 24 heavy (non-hydrogen) atoms. The Hall–Kier alpha value is -1.51. The van der Waals surface area contributed by atoms with Crippen LogP contribution in [-0.2, 0) is 26.0 Å². The number of nitrogens with zero attached hydrogens (tertiary/aromatic N) is 1. The van der Waals surface area contributed by atoms with Gasteiger partial charge in [-0.05, 0) is 17.7 Å². The molecule has 2 heterocycles. The zero-order chi connectivity index (χ0) is 17.4. The Kier molecular flexibility index (Phi) is 4.63. The number of ether oxygens (including phenoxy) is 1. The van der Waals surface area contributed by atoms with Crippen molar-refractivity contribution >= 4 is 15.9 Å². The standard InChI is InChI=1S/C16H21FN2O4S/c1-24(21,22)18-9-16-10-19(7-13(16)8-23-11-16)15(20)6-12-2-4-14(17)5-3-12/h2-5,13,18H,6-11H2,1H3/t13-,16+/m1/s1. The van der Waals surface area contributed by atoms with Gasteiger partial charge < -0.3 is 9.64 Å². The van der Waals surface area contributed by atoms with Gasteiger partial charge in [-0.3, -0.25) is 4.79 Å². The molecular weight excluding hydrogens is 335 g/mol. The second-order valence-electron chi connectivity index (χ2n) is 6.75. The summed E-state index contributed by atoms with van der Waals surface area (Å²) in [5.74, 6) is -0.233. The molecule has 1 amide bonds. The van der Waals surface area contributed by atoms with E-state index in [9.17, 15) is 17.6 Å². The van der Waals surface area contributed by atoms with Crippen LogP contribution in [0.5, 0.6) is 0 Å². The van der Waals surface area contributed by atoms with Crippen LogP contribution in [-0.4, -0.2) is 58.3 Å². The highest BCUT2D eigenvalue weighted by atomic mass is 32.2. The number of halogens is 1. The first-order valence-corrected chi connectivity index (χ1v) is 9.71. The first-order chi connectivity index (χ1) is 11.3. The van der Waals surface area contributed by atoms with Gasteiger partial charge >= 0.3 is 0 Å². The lowest BCUT2D eigenvalue weighted by Crippen LogP contribution is -2.43. The highest BCUT2D eigenvalue weighted by Crippen LogP contribution is 2.41. The second kappa shape index (κ2) is 6.42. The highest BCUT2D eigenvalue weighted by molar-refractivity contribution is 7.88. The lowest BCUT2D eigenvalue weighted by atomic mass is 9.81. The number of carbonyl (C=O) groups excluding carboxylic acids is 1. The van der Waals surface area contributed by atoms with Gasteiger partial charge in [0.2, 0.25) is 15.9 Å². The maximum absolute atomic E-state index is 12.9. The van der Waals surface area contributed by atoms with E-state index >= 15 is 0 Å². The van der Waals surface area contributed by atoms with Gasteiger partial charge in [-0.2, -0.15) is 0 Å². The Morgan fingerprint density at radius 1 is 1.42 bits per heavy atom. The molecule has 2 atom stereocenters. The van der Waals surface area contributed by atoms with Crippen molar-refractivity contribution in [1.29, 1.82) is 0 Å². The first-order valence-electron chi connectivity index (χ1n) is 7.82. The Balaban J connectivity index is 1.66. The second-order valence-corrected chi connectivity index (χ2v) is 8.58. The predicted molar refractivity (Wildman–Crippen MR) is 86.3 cm³/mol. The van der Waals surface area contributed by atoms with E-state index in [1.807, 2.05) is 0 Å². The van der Waals surface area contributed by atoms with Crippen LogP contribution in [0.4, 0.5) is 4.39 Å². The van der Waals surface area contributed by atoms with Gasteiger partial charge in [-0.25, -0.2) is 17.5 Å². The summed E-state index contributed by atoms with van der Waals surface area (Å²) in [6, 6.07) is 5.89. The Labute approximate surface area is 141 Å². The largest absolute Gasteiger partial charge is 0.380 e. The van der Waals surface area contributed by atoms with E-state index in [1.165, 1.54) is 12.1 Å². The third kappa shape index (κ3) is 3.76. The third-order valence-corrected chi connectivity index (χ3v) is 5.50. The molecule has 2 aliphatic rings. The van der Waals surface area contributed by atoms with Gasteiger partial charge in [0.05, 0.1) is 25.9 Å². The van der Waals surface area contributed by atoms with E-state index in [0.29, 0.717) is 26.3 Å². The summed E-state index contributed by atoms with van der Waals surface area (Å²) < 4.78 is 43.8. The molecule has 0 radical (unpaired) electrons. The fraction of sp³-hybridized carbons (Fsp3) is 0.562. The average molecular weight is 356 g/mol. The molecule has 1 aromatic rings. The number of nitrogens with one attached hydrogen (secondary N) is 1. The van der Waals surface area contributed by atoms with Crippen molar-refractivity contribution in [2.24, 2.45) is 11.3 Å². The van der Waals surface area contributed by atoms with Crippen LogP contribution in [0.2, 0.25) is 0 Å². The smallest absolute Gasteiger partial charge is 0.227 e. The summed E-state index contributed by atoms with van der Waals surface area (Å²) >= 11 is 0. The Morgan fingerprint density at radius 3 is 2.79 bits per heavy atom. The van der Waals surface area contributed by atoms with Crippen LogP contribution >= 0.6 is 0 Å². The number of hydrogen-bond acceptors (Lipinski definition) is 4. The summed E-state index contributed by atoms with van der Waals surface area (Å²) in [5, 5.41) is 0. The van der Waals surface area contributed by atoms with Gasteiger partial charge in [0.25, 0.3) is 0 Å². The molecule has 1 aromatic carbocycles. The molecule has 132 valence electrons. The fourth-order valence-electron chi connectivity index (χ4n) is 3.44. The van der Waals surface area contributed by atoms with Gasteiger partial charge in [0.1, 0.15) is 5.82 Å². The molecule has 0 aromatic heterocycles. The molecule has 3 rings (SSSR count). The monoisotopic (exact) mass is 356 g/mol. The molecule has 2 fully saturated rings. The minimum absolute atomic E-state index is 0.0326. The maximum atomic E-state index is 12.9. The number of sulfonamides is 1. The van der Waals surface area contributed by atoms with E-state index in [0.717, 1.165) is 11.8 Å². The lowest BCUT2D eigenvalue weighted by molar-refractivity contribution is -0.130. The Bertz CT molecular complexity index is 722. The number of hydrogen-bond donors (Lipinski definition) is 1. The summed E-state index contributed by atoms with van der Waals surface area (Å²) in [5.41, 5.74) is 0.402. The molecule has 0 spiro atoms. The molecule has 0 bridgehead atoms. The van der Waals surface area contributed by atoms with E-state index < -0.39 is 10.0 Å². The zero-order valence-corrected chi connectivity index (χ0v) is 14.3. The summed E-state index contributed by atoms with van der Waals surface area (Å²) in [6.07, 6.45) is 1.34. The number of amides is 1. The Morgan fingerprint density at radius 2 is 2.12 bits per heavy atom. The SMILES string of the molecule is CS(=O)(=O)NC[C@]12COC[C@H]1CN(C(=O)Cc1ccc(F)cc1)C2. The van der Waals surface area contributed by atoms with Crippen LogP contribution < -0.4 is 4.72 Å². The molecule has 2 aliphatic heterocycles. The third-order valence-electron chi connectivity index (χ3n) is 4.83. The number of fused-ring (bicyclic) bond motifs is 1. The van der Waals surface area contributed by atoms with Gasteiger partial charge in [-0.15, -0.1) is 0 Å². The number of benzene rings is 1. The molecule has 0 unspecified atom stereocenters. The molecule has 0 aliphatic carbocycles. The van der Waals surface area contributed by atoms with Crippen molar-refractivity contribution in [1.82, 2.24) is 9.62 Å². The van der Waals surface area contributed by atoms with Crippen LogP contribution in [0.25, 0.3) is 0 Å². The summed E-state index contributed by atoms with van der Waals surface area (Å²) in [6.45, 7) is 2.29. The molecule has 8 heteroatoms. The molecule has 2 saturated heterocycles. The molecule has 6 nitrogen and oxygen atoms in total. The van der Waals surface area contributed by atoms with Crippen LogP contribution in [0.15, 0.2) is 24.3 Å². The van der Waals surface area contributed by atoms with Crippen LogP contribution in [0.3, 0.4) is 0 Å². The zero-order valence-electron chi connectivity index (χ0n) is 13.5. The van der Waals surface area contributed by atoms with Gasteiger partial charge in [-0.1, -0.05) is 12.1 Å². The number of likely N-dealkylation sites (tertiary alicyclic amines) is 1. The van der Waals surface area contributed by atoms with Crippen molar-refractivity contribution in [2.45, 2.75) is 6.42 Å². The quantitative estimate of drug-likeness (QED) is 0.828. The molecule has 1 N–H and O–H groups in total. The van der Waals surface area contributed by atoms with Crippen molar-refractivity contribution in [3.8, 4) is 0 Å². The topological polar surface area (TPSA) is 75.7 Å². The number of rotatable bonds is 5. The molecule has 0 saturated carbocycles. The maximum Gasteiger partial charge on any atom is 0.227 e. The van der Waals surface area contributed by atoms with E-state index in [1.54, 1.807) is 17.0 Å². The molecular formula is C16H21FN2O4S. The van der Waals surface area contributed by atoms with Crippen molar-refractivity contribution < 1.29 is 22.3 Å². The van der Waals surface area contributed by atoms with E-state index in [-0.39, 0.29) is 36.0 Å². The lowest BCUT2D eigenvalue weighted by Gasteiger charge is -2.27. The average Bonchev–Trinajstić information content (AvgIpc) is 3.04. The highest BCUT2D eigenvalue weighted by Gasteiger charge is 2.51. The first kappa shape index (κ1) is 17.3. The van der Waals surface area contributed by atoms with Crippen LogP contribution in [0, 0.1) is 17.2 Å². The minimum Gasteiger partial charge on any atom is -0.380 e. The van der Waals surface area contributed by atoms with E-state index in [2.05, 4.69) is 4.72 Å². The minimum atomic E-state index is -3.29. The summed E-state index contributed by atoms with van der Waals surface area (Å²) in [7, 11) is -3.29.